The molecule has 0 fully saturated rings. The number of rotatable bonds is 5. The maximum atomic E-state index is 12.5. The minimum absolute atomic E-state index is 0.00392. The average molecular weight is 284 g/mol. The van der Waals surface area contributed by atoms with Crippen molar-refractivity contribution in [2.24, 2.45) is 0 Å². The Labute approximate surface area is 125 Å². The quantitative estimate of drug-likeness (QED) is 0.917. The van der Waals surface area contributed by atoms with Crippen molar-refractivity contribution in [2.45, 2.75) is 6.54 Å². The first-order valence-corrected chi connectivity index (χ1v) is 6.81. The van der Waals surface area contributed by atoms with E-state index in [4.69, 9.17) is 4.74 Å². The van der Waals surface area contributed by atoms with Crippen LogP contribution in [0.25, 0.3) is 0 Å². The van der Waals surface area contributed by atoms with Gasteiger partial charge in [0, 0.05) is 26.3 Å². The number of para-hydroxylation sites is 1. The Morgan fingerprint density at radius 3 is 2.43 bits per heavy atom. The average Bonchev–Trinajstić information content (AvgIpc) is 2.54. The zero-order chi connectivity index (χ0) is 15.2. The van der Waals surface area contributed by atoms with Crippen molar-refractivity contribution in [3.63, 3.8) is 0 Å². The Morgan fingerprint density at radius 2 is 1.81 bits per heavy atom. The van der Waals surface area contributed by atoms with Gasteiger partial charge in [-0.05, 0) is 29.8 Å². The van der Waals surface area contributed by atoms with E-state index in [-0.39, 0.29) is 5.91 Å². The summed E-state index contributed by atoms with van der Waals surface area (Å²) >= 11 is 0. The zero-order valence-electron chi connectivity index (χ0n) is 12.6. The van der Waals surface area contributed by atoms with Gasteiger partial charge in [-0.2, -0.15) is 0 Å². The van der Waals surface area contributed by atoms with Crippen LogP contribution < -0.4 is 10.1 Å². The highest BCUT2D eigenvalue weighted by molar-refractivity contribution is 5.99. The van der Waals surface area contributed by atoms with Gasteiger partial charge < -0.3 is 15.0 Å². The Morgan fingerprint density at radius 1 is 1.14 bits per heavy atom. The van der Waals surface area contributed by atoms with Crippen molar-refractivity contribution < 1.29 is 9.53 Å². The standard InChI is InChI=1S/C17H20N2O2/c1-18-16-7-5-4-6-15(16)17(20)19(2)12-13-8-10-14(21-3)11-9-13/h4-11,18H,12H2,1-3H3. The molecule has 4 nitrogen and oxygen atoms in total. The second kappa shape index (κ2) is 6.79. The molecule has 1 N–H and O–H groups in total. The third kappa shape index (κ3) is 3.54. The Balaban J connectivity index is 2.11. The van der Waals surface area contributed by atoms with Crippen LogP contribution in [0, 0.1) is 0 Å². The lowest BCUT2D eigenvalue weighted by Crippen LogP contribution is -2.26. The summed E-state index contributed by atoms with van der Waals surface area (Å²) in [5.74, 6) is 0.809. The predicted octanol–water partition coefficient (Wildman–Crippen LogP) is 3.01. The fourth-order valence-corrected chi connectivity index (χ4v) is 2.17. The second-order valence-corrected chi connectivity index (χ2v) is 4.80. The summed E-state index contributed by atoms with van der Waals surface area (Å²) in [5.41, 5.74) is 2.58. The van der Waals surface area contributed by atoms with Gasteiger partial charge in [-0.3, -0.25) is 4.79 Å². The molecular formula is C17H20N2O2. The summed E-state index contributed by atoms with van der Waals surface area (Å²) in [6.07, 6.45) is 0. The van der Waals surface area contributed by atoms with Gasteiger partial charge in [0.05, 0.1) is 12.7 Å². The zero-order valence-corrected chi connectivity index (χ0v) is 12.6. The highest BCUT2D eigenvalue weighted by atomic mass is 16.5. The minimum atomic E-state index is -0.00392. The molecule has 2 rings (SSSR count). The summed E-state index contributed by atoms with van der Waals surface area (Å²) in [7, 11) is 5.26. The largest absolute Gasteiger partial charge is 0.497 e. The summed E-state index contributed by atoms with van der Waals surface area (Å²) in [6, 6.07) is 15.2. The predicted molar refractivity (Wildman–Crippen MR) is 84.8 cm³/mol. The molecule has 0 radical (unpaired) electrons. The fraction of sp³-hybridized carbons (Fsp3) is 0.235. The number of benzene rings is 2. The van der Waals surface area contributed by atoms with Crippen molar-refractivity contribution in [1.82, 2.24) is 4.90 Å². The summed E-state index contributed by atoms with van der Waals surface area (Å²) in [5, 5.41) is 3.05. The molecule has 0 atom stereocenters. The molecule has 0 aromatic heterocycles. The van der Waals surface area contributed by atoms with Crippen molar-refractivity contribution in [1.29, 1.82) is 0 Å². The van der Waals surface area contributed by atoms with Crippen molar-refractivity contribution in [3.05, 3.63) is 59.7 Å². The number of carbonyl (C=O) groups excluding carboxylic acids is 1. The molecule has 0 spiro atoms. The highest BCUT2D eigenvalue weighted by Gasteiger charge is 2.15. The SMILES string of the molecule is CNc1ccccc1C(=O)N(C)Cc1ccc(OC)cc1. The van der Waals surface area contributed by atoms with Crippen LogP contribution in [0.1, 0.15) is 15.9 Å². The van der Waals surface area contributed by atoms with E-state index < -0.39 is 0 Å². The van der Waals surface area contributed by atoms with E-state index in [1.165, 1.54) is 0 Å². The normalized spacial score (nSPS) is 10.0. The maximum absolute atomic E-state index is 12.5. The molecule has 1 amide bonds. The van der Waals surface area contributed by atoms with Crippen molar-refractivity contribution in [2.75, 3.05) is 26.5 Å². The molecule has 0 aliphatic heterocycles. The number of hydrogen-bond donors (Lipinski definition) is 1. The van der Waals surface area contributed by atoms with Crippen molar-refractivity contribution in [3.8, 4) is 5.75 Å². The topological polar surface area (TPSA) is 41.6 Å². The first-order chi connectivity index (χ1) is 10.2. The van der Waals surface area contributed by atoms with Crippen LogP contribution in [0.3, 0.4) is 0 Å². The van der Waals surface area contributed by atoms with Gasteiger partial charge in [0.2, 0.25) is 0 Å². The number of hydrogen-bond acceptors (Lipinski definition) is 3. The number of ether oxygens (including phenoxy) is 1. The molecule has 2 aromatic rings. The van der Waals surface area contributed by atoms with Crippen LogP contribution in [-0.2, 0) is 6.54 Å². The number of amides is 1. The van der Waals surface area contributed by atoms with E-state index in [0.717, 1.165) is 17.0 Å². The highest BCUT2D eigenvalue weighted by Crippen LogP contribution is 2.18. The third-order valence-corrected chi connectivity index (χ3v) is 3.35. The lowest BCUT2D eigenvalue weighted by atomic mass is 10.1. The van der Waals surface area contributed by atoms with Gasteiger partial charge >= 0.3 is 0 Å². The minimum Gasteiger partial charge on any atom is -0.497 e. The molecule has 0 saturated heterocycles. The summed E-state index contributed by atoms with van der Waals surface area (Å²) < 4.78 is 5.13. The lowest BCUT2D eigenvalue weighted by Gasteiger charge is -2.19. The second-order valence-electron chi connectivity index (χ2n) is 4.80. The maximum Gasteiger partial charge on any atom is 0.255 e. The van der Waals surface area contributed by atoms with Crippen LogP contribution >= 0.6 is 0 Å². The monoisotopic (exact) mass is 284 g/mol. The molecule has 21 heavy (non-hydrogen) atoms. The molecule has 2 aromatic carbocycles. The van der Waals surface area contributed by atoms with E-state index in [9.17, 15) is 4.79 Å². The molecule has 0 heterocycles. The van der Waals surface area contributed by atoms with Crippen LogP contribution in [0.15, 0.2) is 48.5 Å². The van der Waals surface area contributed by atoms with E-state index in [2.05, 4.69) is 5.32 Å². The number of methoxy groups -OCH3 is 1. The van der Waals surface area contributed by atoms with E-state index in [1.807, 2.05) is 55.6 Å². The van der Waals surface area contributed by atoms with E-state index in [1.54, 1.807) is 19.1 Å². The van der Waals surface area contributed by atoms with Crippen LogP contribution in [0.5, 0.6) is 5.75 Å². The van der Waals surface area contributed by atoms with Crippen LogP contribution in [0.4, 0.5) is 5.69 Å². The molecule has 0 aliphatic rings. The number of nitrogens with zero attached hydrogens (tertiary/aromatic N) is 1. The van der Waals surface area contributed by atoms with Gasteiger partial charge in [0.25, 0.3) is 5.91 Å². The van der Waals surface area contributed by atoms with Gasteiger partial charge in [0.1, 0.15) is 5.75 Å². The summed E-state index contributed by atoms with van der Waals surface area (Å²) in [6.45, 7) is 0.556. The molecule has 0 saturated carbocycles. The van der Waals surface area contributed by atoms with E-state index in [0.29, 0.717) is 12.1 Å². The van der Waals surface area contributed by atoms with E-state index >= 15 is 0 Å². The Kier molecular flexibility index (Phi) is 4.82. The number of anilines is 1. The first-order valence-electron chi connectivity index (χ1n) is 6.81. The van der Waals surface area contributed by atoms with Gasteiger partial charge in [-0.15, -0.1) is 0 Å². The van der Waals surface area contributed by atoms with Gasteiger partial charge in [0.15, 0.2) is 0 Å². The number of carbonyl (C=O) groups is 1. The van der Waals surface area contributed by atoms with Gasteiger partial charge in [-0.1, -0.05) is 24.3 Å². The fourth-order valence-electron chi connectivity index (χ4n) is 2.17. The summed E-state index contributed by atoms with van der Waals surface area (Å²) in [4.78, 5) is 14.2. The molecule has 0 aliphatic carbocycles. The Hall–Kier alpha value is -2.49. The van der Waals surface area contributed by atoms with Gasteiger partial charge in [-0.25, -0.2) is 0 Å². The van der Waals surface area contributed by atoms with Crippen LogP contribution in [0.2, 0.25) is 0 Å². The molecule has 110 valence electrons. The Bertz CT molecular complexity index is 608. The molecule has 0 unspecified atom stereocenters. The third-order valence-electron chi connectivity index (χ3n) is 3.35. The van der Waals surface area contributed by atoms with Crippen LogP contribution in [-0.4, -0.2) is 32.0 Å². The first kappa shape index (κ1) is 14.9. The molecular weight excluding hydrogens is 264 g/mol. The van der Waals surface area contributed by atoms with Crippen molar-refractivity contribution >= 4 is 11.6 Å². The molecule has 0 bridgehead atoms. The lowest BCUT2D eigenvalue weighted by molar-refractivity contribution is 0.0786. The smallest absolute Gasteiger partial charge is 0.255 e. The number of nitrogens with one attached hydrogen (secondary N) is 1. The molecule has 4 heteroatoms.